The fourth-order valence-corrected chi connectivity index (χ4v) is 5.08. The summed E-state index contributed by atoms with van der Waals surface area (Å²) >= 11 is 0. The fourth-order valence-electron chi connectivity index (χ4n) is 5.08. The van der Waals surface area contributed by atoms with E-state index in [1.165, 1.54) is 0 Å². The summed E-state index contributed by atoms with van der Waals surface area (Å²) in [5.74, 6) is -0.257. The zero-order chi connectivity index (χ0) is 23.9. The van der Waals surface area contributed by atoms with Crippen LogP contribution in [0.4, 0.5) is 4.79 Å². The first kappa shape index (κ1) is 23.7. The number of rotatable bonds is 9. The van der Waals surface area contributed by atoms with E-state index in [9.17, 15) is 14.7 Å². The van der Waals surface area contributed by atoms with Crippen molar-refractivity contribution in [2.24, 2.45) is 0 Å². The molecule has 0 bridgehead atoms. The monoisotopic (exact) mass is 456 g/mol. The topological polar surface area (TPSA) is 60.9 Å². The lowest BCUT2D eigenvalue weighted by atomic mass is 9.87. The zero-order valence-electron chi connectivity index (χ0n) is 19.6. The quantitative estimate of drug-likeness (QED) is 0.467. The molecule has 5 nitrogen and oxygen atoms in total. The summed E-state index contributed by atoms with van der Waals surface area (Å²) < 4.78 is 0. The van der Waals surface area contributed by atoms with Gasteiger partial charge in [0.05, 0.1) is 18.5 Å². The maximum atomic E-state index is 13.9. The lowest BCUT2D eigenvalue weighted by Crippen LogP contribution is -2.50. The van der Waals surface area contributed by atoms with E-state index in [4.69, 9.17) is 0 Å². The SMILES string of the molecule is CC([C@@H]1CCCN1C(=O)O)N(CC(=O)C(c1ccccc1)c1ccccc1)Cc1ccccc1. The number of carbonyl (C=O) groups is 2. The molecule has 3 aromatic rings. The van der Waals surface area contributed by atoms with Crippen molar-refractivity contribution >= 4 is 11.9 Å². The Morgan fingerprint density at radius 1 is 0.912 bits per heavy atom. The van der Waals surface area contributed by atoms with Gasteiger partial charge in [-0.05, 0) is 36.5 Å². The molecule has 5 heteroatoms. The normalized spacial score (nSPS) is 16.7. The maximum Gasteiger partial charge on any atom is 0.407 e. The van der Waals surface area contributed by atoms with Crippen LogP contribution in [0.15, 0.2) is 91.0 Å². The second kappa shape index (κ2) is 11.1. The fraction of sp³-hybridized carbons (Fsp3) is 0.310. The summed E-state index contributed by atoms with van der Waals surface area (Å²) in [5, 5.41) is 9.71. The zero-order valence-corrected chi connectivity index (χ0v) is 19.6. The van der Waals surface area contributed by atoms with Crippen LogP contribution in [-0.2, 0) is 11.3 Å². The molecule has 1 heterocycles. The third kappa shape index (κ3) is 5.54. The summed E-state index contributed by atoms with van der Waals surface area (Å²) in [6, 6.07) is 29.7. The Morgan fingerprint density at radius 3 is 1.97 bits per heavy atom. The molecule has 0 aromatic heterocycles. The van der Waals surface area contributed by atoms with Gasteiger partial charge in [0.1, 0.15) is 0 Å². The van der Waals surface area contributed by atoms with Crippen LogP contribution in [0.5, 0.6) is 0 Å². The van der Waals surface area contributed by atoms with Crippen LogP contribution in [0, 0.1) is 0 Å². The molecule has 3 aromatic carbocycles. The van der Waals surface area contributed by atoms with Crippen LogP contribution >= 0.6 is 0 Å². The van der Waals surface area contributed by atoms with E-state index in [-0.39, 0.29) is 30.3 Å². The van der Waals surface area contributed by atoms with E-state index < -0.39 is 6.09 Å². The van der Waals surface area contributed by atoms with Crippen molar-refractivity contribution < 1.29 is 14.7 Å². The van der Waals surface area contributed by atoms with Crippen LogP contribution in [-0.4, -0.2) is 52.0 Å². The summed E-state index contributed by atoms with van der Waals surface area (Å²) in [7, 11) is 0. The van der Waals surface area contributed by atoms with Gasteiger partial charge in [0, 0.05) is 19.1 Å². The van der Waals surface area contributed by atoms with Crippen molar-refractivity contribution in [3.63, 3.8) is 0 Å². The van der Waals surface area contributed by atoms with Gasteiger partial charge in [0.25, 0.3) is 0 Å². The summed E-state index contributed by atoms with van der Waals surface area (Å²) in [6.45, 7) is 3.44. The van der Waals surface area contributed by atoms with Crippen molar-refractivity contribution in [1.29, 1.82) is 0 Å². The van der Waals surface area contributed by atoms with E-state index in [1.807, 2.05) is 78.9 Å². The molecule has 34 heavy (non-hydrogen) atoms. The third-order valence-electron chi connectivity index (χ3n) is 6.85. The number of nitrogens with zero attached hydrogens (tertiary/aromatic N) is 2. The Bertz CT molecular complexity index is 1030. The van der Waals surface area contributed by atoms with Crippen LogP contribution in [0.2, 0.25) is 0 Å². The lowest BCUT2D eigenvalue weighted by Gasteiger charge is -2.36. The maximum absolute atomic E-state index is 13.9. The number of hydrogen-bond acceptors (Lipinski definition) is 3. The van der Waals surface area contributed by atoms with Gasteiger partial charge < -0.3 is 10.0 Å². The van der Waals surface area contributed by atoms with E-state index >= 15 is 0 Å². The van der Waals surface area contributed by atoms with E-state index in [2.05, 4.69) is 24.0 Å². The van der Waals surface area contributed by atoms with Gasteiger partial charge in [0.2, 0.25) is 0 Å². The molecule has 0 radical (unpaired) electrons. The molecule has 4 rings (SSSR count). The van der Waals surface area contributed by atoms with Crippen molar-refractivity contribution in [3.05, 3.63) is 108 Å². The highest BCUT2D eigenvalue weighted by Crippen LogP contribution is 2.29. The summed E-state index contributed by atoms with van der Waals surface area (Å²) in [5.41, 5.74) is 3.05. The van der Waals surface area contributed by atoms with Gasteiger partial charge in [-0.1, -0.05) is 91.0 Å². The van der Waals surface area contributed by atoms with Gasteiger partial charge in [-0.25, -0.2) is 4.79 Å². The minimum atomic E-state index is -0.883. The van der Waals surface area contributed by atoms with Crippen molar-refractivity contribution in [3.8, 4) is 0 Å². The van der Waals surface area contributed by atoms with Crippen molar-refractivity contribution in [1.82, 2.24) is 9.80 Å². The number of carboxylic acid groups (broad SMARTS) is 1. The molecule has 1 N–H and O–H groups in total. The van der Waals surface area contributed by atoms with Gasteiger partial charge in [0.15, 0.2) is 5.78 Å². The van der Waals surface area contributed by atoms with Gasteiger partial charge in [-0.15, -0.1) is 0 Å². The number of hydrogen-bond donors (Lipinski definition) is 1. The molecular weight excluding hydrogens is 424 g/mol. The molecule has 0 saturated carbocycles. The lowest BCUT2D eigenvalue weighted by molar-refractivity contribution is -0.121. The first-order chi connectivity index (χ1) is 16.5. The molecular formula is C29H32N2O3. The van der Waals surface area contributed by atoms with Crippen LogP contribution in [0.1, 0.15) is 42.4 Å². The van der Waals surface area contributed by atoms with E-state index in [0.29, 0.717) is 13.1 Å². The smallest absolute Gasteiger partial charge is 0.407 e. The Kier molecular flexibility index (Phi) is 7.76. The molecule has 1 saturated heterocycles. The van der Waals surface area contributed by atoms with E-state index in [1.54, 1.807) is 4.90 Å². The molecule has 1 aliphatic heterocycles. The van der Waals surface area contributed by atoms with Gasteiger partial charge in [-0.2, -0.15) is 0 Å². The standard InChI is InChI=1S/C29H32N2O3/c1-22(26-18-11-19-31(26)29(33)34)30(20-23-12-5-2-6-13-23)21-27(32)28(24-14-7-3-8-15-24)25-16-9-4-10-17-25/h2-10,12-17,22,26,28H,11,18-21H2,1H3,(H,33,34)/t22?,26-/m0/s1. The Labute approximate surface area is 201 Å². The van der Waals surface area contributed by atoms with Crippen LogP contribution < -0.4 is 0 Å². The minimum absolute atomic E-state index is 0.0880. The largest absolute Gasteiger partial charge is 0.465 e. The number of amides is 1. The van der Waals surface area contributed by atoms with Gasteiger partial charge >= 0.3 is 6.09 Å². The van der Waals surface area contributed by atoms with Crippen LogP contribution in [0.25, 0.3) is 0 Å². The second-order valence-electron chi connectivity index (χ2n) is 9.04. The average Bonchev–Trinajstić information content (AvgIpc) is 3.36. The molecule has 1 aliphatic rings. The molecule has 1 amide bonds. The Balaban J connectivity index is 1.64. The predicted octanol–water partition coefficient (Wildman–Crippen LogP) is 5.42. The molecule has 176 valence electrons. The number of carbonyl (C=O) groups excluding carboxylic acids is 1. The minimum Gasteiger partial charge on any atom is -0.465 e. The van der Waals surface area contributed by atoms with Crippen molar-refractivity contribution in [2.45, 2.75) is 44.3 Å². The first-order valence-corrected chi connectivity index (χ1v) is 11.9. The Morgan fingerprint density at radius 2 is 1.44 bits per heavy atom. The highest BCUT2D eigenvalue weighted by atomic mass is 16.4. The number of ketones is 1. The molecule has 1 fully saturated rings. The van der Waals surface area contributed by atoms with Crippen LogP contribution in [0.3, 0.4) is 0 Å². The Hall–Kier alpha value is -3.44. The van der Waals surface area contributed by atoms with Gasteiger partial charge in [-0.3, -0.25) is 9.69 Å². The third-order valence-corrected chi connectivity index (χ3v) is 6.85. The predicted molar refractivity (Wildman–Crippen MR) is 134 cm³/mol. The molecule has 0 aliphatic carbocycles. The highest BCUT2D eigenvalue weighted by molar-refractivity contribution is 5.90. The first-order valence-electron chi connectivity index (χ1n) is 11.9. The van der Waals surface area contributed by atoms with E-state index in [0.717, 1.165) is 29.5 Å². The number of benzene rings is 3. The number of Topliss-reactive ketones (excluding diaryl/α,β-unsaturated/α-hetero) is 1. The molecule has 1 unspecified atom stereocenters. The van der Waals surface area contributed by atoms with Crippen molar-refractivity contribution in [2.75, 3.05) is 13.1 Å². The highest BCUT2D eigenvalue weighted by Gasteiger charge is 2.36. The molecule has 2 atom stereocenters. The second-order valence-corrected chi connectivity index (χ2v) is 9.04. The summed E-state index contributed by atoms with van der Waals surface area (Å²) in [4.78, 5) is 29.4. The average molecular weight is 457 g/mol. The molecule has 0 spiro atoms. The summed E-state index contributed by atoms with van der Waals surface area (Å²) in [6.07, 6.45) is 0.783. The number of likely N-dealkylation sites (tertiary alicyclic amines) is 1.